The van der Waals surface area contributed by atoms with Crippen molar-refractivity contribution in [2.45, 2.75) is 45.4 Å². The number of rotatable bonds is 9. The van der Waals surface area contributed by atoms with Crippen molar-refractivity contribution in [2.75, 3.05) is 31.3 Å². The number of nitrogens with two attached hydrogens (primary N) is 1. The van der Waals surface area contributed by atoms with Crippen LogP contribution in [-0.2, 0) is 4.74 Å². The number of benzene rings is 1. The summed E-state index contributed by atoms with van der Waals surface area (Å²) in [5.41, 5.74) is 7.95. The van der Waals surface area contributed by atoms with Crippen molar-refractivity contribution in [3.8, 4) is 0 Å². The van der Waals surface area contributed by atoms with Crippen molar-refractivity contribution in [3.05, 3.63) is 23.8 Å². The molecule has 0 aliphatic rings. The van der Waals surface area contributed by atoms with Crippen LogP contribution in [0.5, 0.6) is 0 Å². The minimum atomic E-state index is -0.291. The van der Waals surface area contributed by atoms with Gasteiger partial charge in [0.1, 0.15) is 0 Å². The molecule has 4 nitrogen and oxygen atoms in total. The van der Waals surface area contributed by atoms with E-state index in [-0.39, 0.29) is 5.97 Å². The molecule has 0 aliphatic carbocycles. The molecule has 0 saturated carbocycles. The van der Waals surface area contributed by atoms with Gasteiger partial charge in [0.2, 0.25) is 0 Å². The highest BCUT2D eigenvalue weighted by atomic mass is 16.5. The minimum absolute atomic E-state index is 0.291. The SMILES string of the molecule is CCCCCCCCOC(=O)c1ccc(N(C)C)c(N)c1. The largest absolute Gasteiger partial charge is 0.462 e. The highest BCUT2D eigenvalue weighted by molar-refractivity contribution is 5.92. The standard InChI is InChI=1S/C17H28N2O2/c1-4-5-6-7-8-9-12-21-17(20)14-10-11-16(19(2)3)15(18)13-14/h10-11,13H,4-9,12,18H2,1-3H3. The molecule has 0 atom stereocenters. The van der Waals surface area contributed by atoms with E-state index in [9.17, 15) is 4.79 Å². The highest BCUT2D eigenvalue weighted by Crippen LogP contribution is 2.22. The van der Waals surface area contributed by atoms with Gasteiger partial charge in [0.05, 0.1) is 23.5 Å². The Balaban J connectivity index is 2.34. The van der Waals surface area contributed by atoms with E-state index in [0.717, 1.165) is 18.5 Å². The van der Waals surface area contributed by atoms with E-state index in [0.29, 0.717) is 17.9 Å². The van der Waals surface area contributed by atoms with Crippen molar-refractivity contribution in [2.24, 2.45) is 0 Å². The third-order valence-corrected chi connectivity index (χ3v) is 3.48. The Bertz CT molecular complexity index is 444. The van der Waals surface area contributed by atoms with E-state index in [1.165, 1.54) is 25.7 Å². The first-order chi connectivity index (χ1) is 10.1. The van der Waals surface area contributed by atoms with Gasteiger partial charge < -0.3 is 15.4 Å². The molecule has 0 fully saturated rings. The van der Waals surface area contributed by atoms with Gasteiger partial charge in [-0.3, -0.25) is 0 Å². The van der Waals surface area contributed by atoms with Gasteiger partial charge in [0, 0.05) is 14.1 Å². The van der Waals surface area contributed by atoms with Crippen LogP contribution in [0, 0.1) is 0 Å². The zero-order chi connectivity index (χ0) is 15.7. The molecule has 1 rings (SSSR count). The number of ether oxygens (including phenoxy) is 1. The van der Waals surface area contributed by atoms with Gasteiger partial charge in [-0.2, -0.15) is 0 Å². The molecule has 2 N–H and O–H groups in total. The maximum atomic E-state index is 11.9. The number of anilines is 2. The second kappa shape index (κ2) is 9.27. The van der Waals surface area contributed by atoms with E-state index in [4.69, 9.17) is 10.5 Å². The van der Waals surface area contributed by atoms with Crippen LogP contribution in [0.2, 0.25) is 0 Å². The predicted octanol–water partition coefficient (Wildman–Crippen LogP) is 3.85. The summed E-state index contributed by atoms with van der Waals surface area (Å²) in [6.45, 7) is 2.69. The smallest absolute Gasteiger partial charge is 0.338 e. The van der Waals surface area contributed by atoms with E-state index < -0.39 is 0 Å². The van der Waals surface area contributed by atoms with Crippen LogP contribution < -0.4 is 10.6 Å². The lowest BCUT2D eigenvalue weighted by molar-refractivity contribution is 0.0498. The summed E-state index contributed by atoms with van der Waals surface area (Å²) in [5, 5.41) is 0. The monoisotopic (exact) mass is 292 g/mol. The molecule has 0 aromatic heterocycles. The van der Waals surface area contributed by atoms with Gasteiger partial charge in [0.15, 0.2) is 0 Å². The van der Waals surface area contributed by atoms with Crippen LogP contribution in [0.4, 0.5) is 11.4 Å². The zero-order valence-electron chi connectivity index (χ0n) is 13.5. The first kappa shape index (κ1) is 17.3. The normalized spacial score (nSPS) is 10.4. The van der Waals surface area contributed by atoms with Crippen LogP contribution in [-0.4, -0.2) is 26.7 Å². The number of hydrogen-bond acceptors (Lipinski definition) is 4. The Labute approximate surface area is 128 Å². The van der Waals surface area contributed by atoms with Gasteiger partial charge in [-0.15, -0.1) is 0 Å². The zero-order valence-corrected chi connectivity index (χ0v) is 13.5. The van der Waals surface area contributed by atoms with E-state index in [1.807, 2.05) is 25.1 Å². The summed E-state index contributed by atoms with van der Waals surface area (Å²) in [5.74, 6) is -0.291. The molecule has 0 heterocycles. The number of esters is 1. The molecule has 0 radical (unpaired) electrons. The quantitative estimate of drug-likeness (QED) is 0.427. The molecule has 0 saturated heterocycles. The van der Waals surface area contributed by atoms with Gasteiger partial charge in [-0.1, -0.05) is 39.0 Å². The van der Waals surface area contributed by atoms with Gasteiger partial charge in [0.25, 0.3) is 0 Å². The van der Waals surface area contributed by atoms with Gasteiger partial charge >= 0.3 is 5.97 Å². The van der Waals surface area contributed by atoms with E-state index >= 15 is 0 Å². The van der Waals surface area contributed by atoms with Crippen LogP contribution in [0.15, 0.2) is 18.2 Å². The first-order valence-electron chi connectivity index (χ1n) is 7.80. The van der Waals surface area contributed by atoms with Gasteiger partial charge in [-0.05, 0) is 24.6 Å². The van der Waals surface area contributed by atoms with Crippen molar-refractivity contribution in [3.63, 3.8) is 0 Å². The van der Waals surface area contributed by atoms with Gasteiger partial charge in [-0.25, -0.2) is 4.79 Å². The Morgan fingerprint density at radius 3 is 2.43 bits per heavy atom. The third kappa shape index (κ3) is 6.06. The molecule has 0 amide bonds. The fraction of sp³-hybridized carbons (Fsp3) is 0.588. The summed E-state index contributed by atoms with van der Waals surface area (Å²) < 4.78 is 5.28. The predicted molar refractivity (Wildman–Crippen MR) is 88.8 cm³/mol. The number of unbranched alkanes of at least 4 members (excludes halogenated alkanes) is 5. The number of nitrogens with zero attached hydrogens (tertiary/aromatic N) is 1. The summed E-state index contributed by atoms with van der Waals surface area (Å²) in [7, 11) is 3.84. The number of carbonyl (C=O) groups is 1. The van der Waals surface area contributed by atoms with Crippen molar-refractivity contribution >= 4 is 17.3 Å². The average molecular weight is 292 g/mol. The number of nitrogen functional groups attached to an aromatic ring is 1. The second-order valence-corrected chi connectivity index (χ2v) is 5.57. The topological polar surface area (TPSA) is 55.6 Å². The Morgan fingerprint density at radius 1 is 1.14 bits per heavy atom. The molecular weight excluding hydrogens is 264 g/mol. The summed E-state index contributed by atoms with van der Waals surface area (Å²) in [6, 6.07) is 5.28. The fourth-order valence-corrected chi connectivity index (χ4v) is 2.22. The molecule has 118 valence electrons. The molecule has 1 aromatic carbocycles. The van der Waals surface area contributed by atoms with E-state index in [1.54, 1.807) is 12.1 Å². The van der Waals surface area contributed by atoms with Crippen LogP contribution in [0.3, 0.4) is 0 Å². The van der Waals surface area contributed by atoms with Crippen LogP contribution >= 0.6 is 0 Å². The summed E-state index contributed by atoms with van der Waals surface area (Å²) in [4.78, 5) is 13.8. The van der Waals surface area contributed by atoms with Crippen molar-refractivity contribution in [1.29, 1.82) is 0 Å². The Kier molecular flexibility index (Phi) is 7.65. The molecule has 0 spiro atoms. The van der Waals surface area contributed by atoms with Crippen LogP contribution in [0.25, 0.3) is 0 Å². The maximum Gasteiger partial charge on any atom is 0.338 e. The molecule has 0 unspecified atom stereocenters. The summed E-state index contributed by atoms with van der Waals surface area (Å²) >= 11 is 0. The fourth-order valence-electron chi connectivity index (χ4n) is 2.22. The lowest BCUT2D eigenvalue weighted by atomic mass is 10.1. The molecule has 21 heavy (non-hydrogen) atoms. The van der Waals surface area contributed by atoms with Crippen LogP contribution in [0.1, 0.15) is 55.8 Å². The second-order valence-electron chi connectivity index (χ2n) is 5.57. The molecule has 0 bridgehead atoms. The maximum absolute atomic E-state index is 11.9. The first-order valence-corrected chi connectivity index (χ1v) is 7.80. The average Bonchev–Trinajstić information content (AvgIpc) is 2.45. The Hall–Kier alpha value is -1.71. The van der Waals surface area contributed by atoms with Crippen molar-refractivity contribution in [1.82, 2.24) is 0 Å². The molecular formula is C17H28N2O2. The Morgan fingerprint density at radius 2 is 1.81 bits per heavy atom. The lowest BCUT2D eigenvalue weighted by Crippen LogP contribution is -2.12. The number of hydrogen-bond donors (Lipinski definition) is 1. The van der Waals surface area contributed by atoms with Crippen molar-refractivity contribution < 1.29 is 9.53 Å². The summed E-state index contributed by atoms with van der Waals surface area (Å²) in [6.07, 6.45) is 7.08. The lowest BCUT2D eigenvalue weighted by Gasteiger charge is -2.15. The third-order valence-electron chi connectivity index (χ3n) is 3.48. The molecule has 4 heteroatoms. The van der Waals surface area contributed by atoms with E-state index in [2.05, 4.69) is 6.92 Å². The number of carbonyl (C=O) groups excluding carboxylic acids is 1. The highest BCUT2D eigenvalue weighted by Gasteiger charge is 2.10. The molecule has 1 aromatic rings. The molecule has 0 aliphatic heterocycles. The minimum Gasteiger partial charge on any atom is -0.462 e.